The molecule has 20 heavy (non-hydrogen) atoms. The number of rotatable bonds is 6. The molecule has 0 radical (unpaired) electrons. The zero-order valence-corrected chi connectivity index (χ0v) is 12.3. The van der Waals surface area contributed by atoms with Crippen LogP contribution in [0.2, 0.25) is 0 Å². The Morgan fingerprint density at radius 2 is 2.20 bits per heavy atom. The minimum absolute atomic E-state index is 0.00739. The van der Waals surface area contributed by atoms with Crippen LogP contribution in [-0.4, -0.2) is 36.1 Å². The summed E-state index contributed by atoms with van der Waals surface area (Å²) in [6.45, 7) is 3.96. The third-order valence-electron chi connectivity index (χ3n) is 2.96. The average molecular weight is 297 g/mol. The molecule has 6 nitrogen and oxygen atoms in total. The van der Waals surface area contributed by atoms with Crippen LogP contribution in [-0.2, 0) is 10.0 Å². The molecule has 0 spiro atoms. The van der Waals surface area contributed by atoms with Crippen LogP contribution in [0.25, 0.3) is 11.0 Å². The fourth-order valence-corrected chi connectivity index (χ4v) is 3.30. The van der Waals surface area contributed by atoms with E-state index in [4.69, 9.17) is 0 Å². The summed E-state index contributed by atoms with van der Waals surface area (Å²) in [4.78, 5) is 7.02. The van der Waals surface area contributed by atoms with Crippen LogP contribution in [0.1, 0.15) is 20.3 Å². The van der Waals surface area contributed by atoms with Gasteiger partial charge in [-0.1, -0.05) is 13.8 Å². The van der Waals surface area contributed by atoms with Gasteiger partial charge in [-0.25, -0.2) is 18.1 Å². The van der Waals surface area contributed by atoms with E-state index in [-0.39, 0.29) is 11.4 Å². The fraction of sp³-hybridized carbons (Fsp3) is 0.462. The number of H-pyrrole nitrogens is 1. The lowest BCUT2D eigenvalue weighted by atomic mass is 10.1. The lowest BCUT2D eigenvalue weighted by molar-refractivity contribution is 0.152. The fourth-order valence-electron chi connectivity index (χ4n) is 2.06. The SMILES string of the molecule is CC(C)CC(O)CNS(=O)(=O)c1c[nH]c2ncccc12. The molecule has 0 aliphatic rings. The van der Waals surface area contributed by atoms with Crippen molar-refractivity contribution in [2.24, 2.45) is 5.92 Å². The highest BCUT2D eigenvalue weighted by Gasteiger charge is 2.20. The molecule has 2 rings (SSSR count). The van der Waals surface area contributed by atoms with Crippen LogP contribution < -0.4 is 4.72 Å². The molecule has 0 aliphatic heterocycles. The number of hydrogen-bond acceptors (Lipinski definition) is 4. The zero-order valence-electron chi connectivity index (χ0n) is 11.5. The van der Waals surface area contributed by atoms with Crippen molar-refractivity contribution >= 4 is 21.1 Å². The molecule has 0 bridgehead atoms. The van der Waals surface area contributed by atoms with Crippen molar-refractivity contribution in [2.45, 2.75) is 31.3 Å². The van der Waals surface area contributed by atoms with Crippen molar-refractivity contribution in [1.82, 2.24) is 14.7 Å². The monoisotopic (exact) mass is 297 g/mol. The summed E-state index contributed by atoms with van der Waals surface area (Å²) >= 11 is 0. The number of fused-ring (bicyclic) bond motifs is 1. The van der Waals surface area contributed by atoms with Gasteiger partial charge in [0, 0.05) is 24.3 Å². The Morgan fingerprint density at radius 1 is 1.45 bits per heavy atom. The maximum absolute atomic E-state index is 12.2. The standard InChI is InChI=1S/C13H19N3O3S/c1-9(2)6-10(17)7-16-20(18,19)12-8-15-13-11(12)4-3-5-14-13/h3-5,8-10,16-17H,6-7H2,1-2H3,(H,14,15). The molecule has 0 saturated carbocycles. The van der Waals surface area contributed by atoms with Crippen LogP contribution in [0, 0.1) is 5.92 Å². The Balaban J connectivity index is 2.15. The second kappa shape index (κ2) is 5.90. The first kappa shape index (κ1) is 15.0. The Bertz CT molecular complexity index is 679. The summed E-state index contributed by atoms with van der Waals surface area (Å²) in [5.74, 6) is 0.312. The van der Waals surface area contributed by atoms with Crippen molar-refractivity contribution in [3.8, 4) is 0 Å². The van der Waals surface area contributed by atoms with E-state index >= 15 is 0 Å². The Labute approximate surface area is 118 Å². The molecule has 2 aromatic rings. The van der Waals surface area contributed by atoms with E-state index in [1.165, 1.54) is 6.20 Å². The molecule has 3 N–H and O–H groups in total. The Morgan fingerprint density at radius 3 is 2.90 bits per heavy atom. The number of aliphatic hydroxyl groups is 1. The number of nitrogens with one attached hydrogen (secondary N) is 2. The average Bonchev–Trinajstić information content (AvgIpc) is 2.80. The molecular formula is C13H19N3O3S. The van der Waals surface area contributed by atoms with E-state index < -0.39 is 16.1 Å². The lowest BCUT2D eigenvalue weighted by Gasteiger charge is -2.13. The second-order valence-corrected chi connectivity index (χ2v) is 6.92. The van der Waals surface area contributed by atoms with Crippen LogP contribution >= 0.6 is 0 Å². The van der Waals surface area contributed by atoms with Crippen LogP contribution in [0.5, 0.6) is 0 Å². The minimum Gasteiger partial charge on any atom is -0.392 e. The van der Waals surface area contributed by atoms with Gasteiger partial charge in [0.15, 0.2) is 0 Å². The Hall–Kier alpha value is -1.44. The molecule has 2 heterocycles. The zero-order chi connectivity index (χ0) is 14.8. The highest BCUT2D eigenvalue weighted by atomic mass is 32.2. The van der Waals surface area contributed by atoms with Gasteiger partial charge in [-0.15, -0.1) is 0 Å². The number of aromatic amines is 1. The van der Waals surface area contributed by atoms with Crippen LogP contribution in [0.3, 0.4) is 0 Å². The van der Waals surface area contributed by atoms with E-state index in [1.807, 2.05) is 13.8 Å². The van der Waals surface area contributed by atoms with E-state index in [0.29, 0.717) is 23.4 Å². The molecule has 0 aliphatic carbocycles. The molecule has 0 amide bonds. The van der Waals surface area contributed by atoms with Gasteiger partial charge in [0.2, 0.25) is 10.0 Å². The highest BCUT2D eigenvalue weighted by molar-refractivity contribution is 7.89. The molecule has 1 atom stereocenters. The number of aromatic nitrogens is 2. The van der Waals surface area contributed by atoms with E-state index in [1.54, 1.807) is 18.3 Å². The maximum Gasteiger partial charge on any atom is 0.242 e. The van der Waals surface area contributed by atoms with Gasteiger partial charge in [-0.2, -0.15) is 0 Å². The predicted octanol–water partition coefficient (Wildman–Crippen LogP) is 1.25. The quantitative estimate of drug-likeness (QED) is 0.747. The van der Waals surface area contributed by atoms with Gasteiger partial charge < -0.3 is 10.1 Å². The number of hydrogen-bond donors (Lipinski definition) is 3. The number of sulfonamides is 1. The molecule has 0 fully saturated rings. The van der Waals surface area contributed by atoms with Crippen LogP contribution in [0.4, 0.5) is 0 Å². The topological polar surface area (TPSA) is 95.1 Å². The van der Waals surface area contributed by atoms with Crippen molar-refractivity contribution < 1.29 is 13.5 Å². The number of aliphatic hydroxyl groups excluding tert-OH is 1. The van der Waals surface area contributed by atoms with Gasteiger partial charge in [0.05, 0.1) is 6.10 Å². The summed E-state index contributed by atoms with van der Waals surface area (Å²) < 4.78 is 26.9. The van der Waals surface area contributed by atoms with Crippen molar-refractivity contribution in [3.63, 3.8) is 0 Å². The molecule has 0 aromatic carbocycles. The highest BCUT2D eigenvalue weighted by Crippen LogP contribution is 2.20. The van der Waals surface area contributed by atoms with Gasteiger partial charge in [0.25, 0.3) is 0 Å². The number of nitrogens with zero attached hydrogens (tertiary/aromatic N) is 1. The van der Waals surface area contributed by atoms with E-state index in [2.05, 4.69) is 14.7 Å². The van der Waals surface area contributed by atoms with Gasteiger partial charge in [-0.3, -0.25) is 0 Å². The molecule has 1 unspecified atom stereocenters. The number of pyridine rings is 1. The van der Waals surface area contributed by atoms with Crippen molar-refractivity contribution in [2.75, 3.05) is 6.54 Å². The predicted molar refractivity (Wildman–Crippen MR) is 76.7 cm³/mol. The van der Waals surface area contributed by atoms with Gasteiger partial charge in [0.1, 0.15) is 10.5 Å². The third kappa shape index (κ3) is 3.36. The summed E-state index contributed by atoms with van der Waals surface area (Å²) in [6, 6.07) is 3.38. The smallest absolute Gasteiger partial charge is 0.242 e. The molecule has 7 heteroatoms. The summed E-state index contributed by atoms with van der Waals surface area (Å²) in [6.07, 6.45) is 2.87. The van der Waals surface area contributed by atoms with E-state index in [0.717, 1.165) is 0 Å². The largest absolute Gasteiger partial charge is 0.392 e. The summed E-state index contributed by atoms with van der Waals surface area (Å²) in [7, 11) is -3.66. The summed E-state index contributed by atoms with van der Waals surface area (Å²) in [5.41, 5.74) is 0.524. The lowest BCUT2D eigenvalue weighted by Crippen LogP contribution is -2.32. The van der Waals surface area contributed by atoms with Crippen LogP contribution in [0.15, 0.2) is 29.4 Å². The maximum atomic E-state index is 12.2. The minimum atomic E-state index is -3.66. The van der Waals surface area contributed by atoms with E-state index in [9.17, 15) is 13.5 Å². The second-order valence-electron chi connectivity index (χ2n) is 5.19. The van der Waals surface area contributed by atoms with Crippen molar-refractivity contribution in [1.29, 1.82) is 0 Å². The Kier molecular flexibility index (Phi) is 4.42. The first-order valence-electron chi connectivity index (χ1n) is 6.50. The molecule has 110 valence electrons. The van der Waals surface area contributed by atoms with Gasteiger partial charge >= 0.3 is 0 Å². The van der Waals surface area contributed by atoms with Crippen molar-refractivity contribution in [3.05, 3.63) is 24.5 Å². The summed E-state index contributed by atoms with van der Waals surface area (Å²) in [5, 5.41) is 10.3. The molecule has 2 aromatic heterocycles. The van der Waals surface area contributed by atoms with Gasteiger partial charge in [-0.05, 0) is 24.5 Å². The first-order valence-corrected chi connectivity index (χ1v) is 7.98. The first-order chi connectivity index (χ1) is 9.40. The molecular weight excluding hydrogens is 278 g/mol. The normalized spacial score (nSPS) is 14.0. The molecule has 0 saturated heterocycles. The third-order valence-corrected chi connectivity index (χ3v) is 4.42.